The van der Waals surface area contributed by atoms with E-state index >= 15 is 0 Å². The highest BCUT2D eigenvalue weighted by Crippen LogP contribution is 2.27. The van der Waals surface area contributed by atoms with Gasteiger partial charge in [-0.25, -0.2) is 0 Å². The van der Waals surface area contributed by atoms with Gasteiger partial charge >= 0.3 is 0 Å². The predicted molar refractivity (Wildman–Crippen MR) is 85.2 cm³/mol. The molecular weight excluding hydrogens is 256 g/mol. The van der Waals surface area contributed by atoms with Crippen molar-refractivity contribution < 1.29 is 4.74 Å². The average Bonchev–Trinajstić information content (AvgIpc) is 2.36. The molecule has 1 aliphatic rings. The van der Waals surface area contributed by atoms with Gasteiger partial charge in [-0.15, -0.1) is 0 Å². The summed E-state index contributed by atoms with van der Waals surface area (Å²) < 4.78 is 5.70. The van der Waals surface area contributed by atoms with Crippen molar-refractivity contribution in [1.29, 1.82) is 0 Å². The summed E-state index contributed by atoms with van der Waals surface area (Å²) in [5.74, 6) is 2.14. The van der Waals surface area contributed by atoms with Gasteiger partial charge in [-0.2, -0.15) is 11.8 Å². The highest BCUT2D eigenvalue weighted by molar-refractivity contribution is 7.99. The Bertz CT molecular complexity index is 403. The average molecular weight is 280 g/mol. The topological polar surface area (TPSA) is 47.3 Å². The molecule has 1 atom stereocenters. The molecule has 106 valence electrons. The van der Waals surface area contributed by atoms with Crippen molar-refractivity contribution in [2.24, 2.45) is 0 Å². The highest BCUT2D eigenvalue weighted by atomic mass is 32.2. The molecule has 0 radical (unpaired) electrons. The van der Waals surface area contributed by atoms with Crippen molar-refractivity contribution in [3.63, 3.8) is 0 Å². The fourth-order valence-electron chi connectivity index (χ4n) is 2.26. The Morgan fingerprint density at radius 2 is 2.21 bits per heavy atom. The summed E-state index contributed by atoms with van der Waals surface area (Å²) in [6.07, 6.45) is 4.21. The Kier molecular flexibility index (Phi) is 5.25. The van der Waals surface area contributed by atoms with Crippen LogP contribution in [0.25, 0.3) is 0 Å². The van der Waals surface area contributed by atoms with Crippen LogP contribution in [0.3, 0.4) is 0 Å². The van der Waals surface area contributed by atoms with Gasteiger partial charge in [0.2, 0.25) is 0 Å². The molecule has 1 unspecified atom stereocenters. The van der Waals surface area contributed by atoms with Crippen LogP contribution >= 0.6 is 11.8 Å². The van der Waals surface area contributed by atoms with E-state index in [1.54, 1.807) is 0 Å². The first-order chi connectivity index (χ1) is 9.13. The second-order valence-electron chi connectivity index (χ2n) is 5.33. The quantitative estimate of drug-likeness (QED) is 0.806. The zero-order valence-corrected chi connectivity index (χ0v) is 12.6. The first-order valence-corrected chi connectivity index (χ1v) is 8.11. The van der Waals surface area contributed by atoms with Crippen molar-refractivity contribution in [1.82, 2.24) is 0 Å². The zero-order chi connectivity index (χ0) is 13.7. The van der Waals surface area contributed by atoms with Crippen LogP contribution < -0.4 is 15.8 Å². The second kappa shape index (κ2) is 6.94. The number of ether oxygens (including phenoxy) is 1. The van der Waals surface area contributed by atoms with E-state index in [2.05, 4.69) is 17.1 Å². The number of hydrogen-bond donors (Lipinski definition) is 2. The number of anilines is 2. The third-order valence-electron chi connectivity index (χ3n) is 3.11. The number of nitrogen functional groups attached to an aromatic ring is 1. The van der Waals surface area contributed by atoms with E-state index in [9.17, 15) is 0 Å². The molecule has 0 spiro atoms. The number of nitrogens with two attached hydrogens (primary N) is 1. The molecule has 1 aromatic rings. The van der Waals surface area contributed by atoms with Crippen LogP contribution in [0.15, 0.2) is 18.2 Å². The SMILES string of the molecule is CC(C)Oc1cc(N)cc(NCC2CCCCS2)c1. The Morgan fingerprint density at radius 1 is 1.37 bits per heavy atom. The van der Waals surface area contributed by atoms with Gasteiger partial charge in [0.05, 0.1) is 6.10 Å². The summed E-state index contributed by atoms with van der Waals surface area (Å²) in [6.45, 7) is 5.05. The Labute approximate surface area is 120 Å². The lowest BCUT2D eigenvalue weighted by Gasteiger charge is -2.22. The first-order valence-electron chi connectivity index (χ1n) is 7.06. The number of hydrogen-bond acceptors (Lipinski definition) is 4. The summed E-state index contributed by atoms with van der Waals surface area (Å²) in [5, 5.41) is 4.21. The normalized spacial score (nSPS) is 19.4. The highest BCUT2D eigenvalue weighted by Gasteiger charge is 2.13. The number of thioether (sulfide) groups is 1. The summed E-state index contributed by atoms with van der Waals surface area (Å²) in [5.41, 5.74) is 7.72. The Morgan fingerprint density at radius 3 is 2.89 bits per heavy atom. The molecule has 0 saturated carbocycles. The second-order valence-corrected chi connectivity index (χ2v) is 6.74. The minimum Gasteiger partial charge on any atom is -0.491 e. The molecular formula is C15H24N2OS. The van der Waals surface area contributed by atoms with Gasteiger partial charge < -0.3 is 15.8 Å². The smallest absolute Gasteiger partial charge is 0.123 e. The number of benzene rings is 1. The van der Waals surface area contributed by atoms with E-state index in [4.69, 9.17) is 10.5 Å². The summed E-state index contributed by atoms with van der Waals surface area (Å²) >= 11 is 2.08. The Hall–Kier alpha value is -1.03. The van der Waals surface area contributed by atoms with Gasteiger partial charge in [0.1, 0.15) is 5.75 Å². The molecule has 0 aliphatic carbocycles. The predicted octanol–water partition coefficient (Wildman–Crippen LogP) is 3.75. The third kappa shape index (κ3) is 4.86. The fraction of sp³-hybridized carbons (Fsp3) is 0.600. The molecule has 1 saturated heterocycles. The van der Waals surface area contributed by atoms with Crippen molar-refractivity contribution in [3.05, 3.63) is 18.2 Å². The number of rotatable bonds is 5. The third-order valence-corrected chi connectivity index (χ3v) is 4.51. The largest absolute Gasteiger partial charge is 0.491 e. The van der Waals surface area contributed by atoms with E-state index in [0.29, 0.717) is 0 Å². The molecule has 0 aromatic heterocycles. The van der Waals surface area contributed by atoms with Crippen LogP contribution in [-0.4, -0.2) is 23.7 Å². The van der Waals surface area contributed by atoms with Crippen LogP contribution in [-0.2, 0) is 0 Å². The van der Waals surface area contributed by atoms with Gasteiger partial charge in [-0.1, -0.05) is 6.42 Å². The van der Waals surface area contributed by atoms with Crippen LogP contribution in [0.1, 0.15) is 33.1 Å². The molecule has 2 rings (SSSR count). The van der Waals surface area contributed by atoms with E-state index in [-0.39, 0.29) is 6.10 Å². The van der Waals surface area contributed by atoms with Crippen molar-refractivity contribution in [2.45, 2.75) is 44.5 Å². The molecule has 19 heavy (non-hydrogen) atoms. The monoisotopic (exact) mass is 280 g/mol. The molecule has 1 aliphatic heterocycles. The van der Waals surface area contributed by atoms with E-state index < -0.39 is 0 Å². The maximum atomic E-state index is 5.92. The van der Waals surface area contributed by atoms with Gasteiger partial charge in [-0.3, -0.25) is 0 Å². The van der Waals surface area contributed by atoms with Crippen molar-refractivity contribution in [2.75, 3.05) is 23.3 Å². The van der Waals surface area contributed by atoms with Crippen LogP contribution in [0.2, 0.25) is 0 Å². The molecule has 3 nitrogen and oxygen atoms in total. The fourth-order valence-corrected chi connectivity index (χ4v) is 3.50. The Balaban J connectivity index is 1.93. The molecule has 1 heterocycles. The van der Waals surface area contributed by atoms with E-state index in [0.717, 1.165) is 28.9 Å². The van der Waals surface area contributed by atoms with Crippen LogP contribution in [0.5, 0.6) is 5.75 Å². The van der Waals surface area contributed by atoms with E-state index in [1.165, 1.54) is 25.0 Å². The van der Waals surface area contributed by atoms with Gasteiger partial charge in [-0.05, 0) is 38.5 Å². The van der Waals surface area contributed by atoms with E-state index in [1.807, 2.05) is 32.0 Å². The molecule has 0 bridgehead atoms. The standard InChI is InChI=1S/C15H24N2OS/c1-11(2)18-14-8-12(16)7-13(9-14)17-10-15-5-3-4-6-19-15/h7-9,11,15,17H,3-6,10,16H2,1-2H3. The van der Waals surface area contributed by atoms with Crippen molar-refractivity contribution >= 4 is 23.1 Å². The van der Waals surface area contributed by atoms with Gasteiger partial charge in [0.25, 0.3) is 0 Å². The number of nitrogens with one attached hydrogen (secondary N) is 1. The lowest BCUT2D eigenvalue weighted by Crippen LogP contribution is -2.20. The summed E-state index contributed by atoms with van der Waals surface area (Å²) in [7, 11) is 0. The lowest BCUT2D eigenvalue weighted by atomic mass is 10.2. The lowest BCUT2D eigenvalue weighted by molar-refractivity contribution is 0.242. The first kappa shape index (κ1) is 14.4. The van der Waals surface area contributed by atoms with Crippen LogP contribution in [0, 0.1) is 0 Å². The maximum absolute atomic E-state index is 5.92. The maximum Gasteiger partial charge on any atom is 0.123 e. The zero-order valence-electron chi connectivity index (χ0n) is 11.8. The minimum absolute atomic E-state index is 0.170. The molecule has 4 heteroatoms. The van der Waals surface area contributed by atoms with Gasteiger partial charge in [0.15, 0.2) is 0 Å². The van der Waals surface area contributed by atoms with Gasteiger partial charge in [0, 0.05) is 35.3 Å². The molecule has 1 fully saturated rings. The molecule has 1 aromatic carbocycles. The minimum atomic E-state index is 0.170. The summed E-state index contributed by atoms with van der Waals surface area (Å²) in [6, 6.07) is 5.88. The molecule has 3 N–H and O–H groups in total. The molecule has 0 amide bonds. The summed E-state index contributed by atoms with van der Waals surface area (Å²) in [4.78, 5) is 0. The van der Waals surface area contributed by atoms with Crippen LogP contribution in [0.4, 0.5) is 11.4 Å². The van der Waals surface area contributed by atoms with Crippen molar-refractivity contribution in [3.8, 4) is 5.75 Å².